The molecule has 0 N–H and O–H groups in total. The molecular weight excluding hydrogens is 799 g/mol. The van der Waals surface area contributed by atoms with Gasteiger partial charge in [-0.05, 0) is 113 Å². The van der Waals surface area contributed by atoms with Crippen molar-refractivity contribution in [2.45, 2.75) is 39.5 Å². The molecule has 1 aliphatic carbocycles. The van der Waals surface area contributed by atoms with Crippen LogP contribution in [0.4, 0.5) is 0 Å². The van der Waals surface area contributed by atoms with Gasteiger partial charge in [-0.3, -0.25) is 0 Å². The highest BCUT2D eigenvalue weighted by Gasteiger charge is 2.29. The SMILES string of the molecule is C/C=C\C=C(/CC)n1c2ccccc2c2ccc(-c3cccc([C@@H]4Cc5ccccc5-c5c(-c6cc(C)cc(C7=NC(c8ccccc8)=C=CC(c8ccccc8)=N7)c6)cccc54)c3)cc21. The monoisotopic (exact) mass is 847 g/mol. The molecule has 3 heteroatoms. The molecule has 0 amide bonds. The molecule has 3 nitrogen and oxygen atoms in total. The van der Waals surface area contributed by atoms with Crippen LogP contribution in [0.25, 0.3) is 66.6 Å². The molecule has 0 fully saturated rings. The largest absolute Gasteiger partial charge is 0.313 e. The van der Waals surface area contributed by atoms with Gasteiger partial charge in [-0.2, -0.15) is 0 Å². The Kier molecular flexibility index (Phi) is 10.8. The number of hydrogen-bond donors (Lipinski definition) is 0. The number of allylic oxidation sites excluding steroid dienone is 5. The third-order valence-electron chi connectivity index (χ3n) is 13.2. The van der Waals surface area contributed by atoms with Crippen molar-refractivity contribution in [1.29, 1.82) is 0 Å². The predicted octanol–water partition coefficient (Wildman–Crippen LogP) is 16.1. The molecule has 0 saturated carbocycles. The number of aliphatic imine (C=N–C) groups is 2. The Bertz CT molecular complexity index is 3530. The van der Waals surface area contributed by atoms with Gasteiger partial charge < -0.3 is 4.57 Å². The fraction of sp³-hybridized carbons (Fsp3) is 0.0952. The summed E-state index contributed by atoms with van der Waals surface area (Å²) in [5.41, 5.74) is 24.4. The second kappa shape index (κ2) is 17.5. The topological polar surface area (TPSA) is 29.6 Å². The fourth-order valence-corrected chi connectivity index (χ4v) is 10.1. The molecule has 0 spiro atoms. The van der Waals surface area contributed by atoms with Crippen LogP contribution < -0.4 is 0 Å². The van der Waals surface area contributed by atoms with Crippen molar-refractivity contribution in [3.63, 3.8) is 0 Å². The van der Waals surface area contributed by atoms with Crippen LogP contribution in [-0.4, -0.2) is 16.1 Å². The van der Waals surface area contributed by atoms with Gasteiger partial charge in [0.15, 0.2) is 5.84 Å². The third kappa shape index (κ3) is 7.50. The van der Waals surface area contributed by atoms with Gasteiger partial charge in [0, 0.05) is 45.2 Å². The molecule has 11 rings (SSSR count). The van der Waals surface area contributed by atoms with Crippen molar-refractivity contribution >= 4 is 44.7 Å². The number of rotatable bonds is 9. The number of hydrogen-bond acceptors (Lipinski definition) is 2. The molecule has 1 aliphatic heterocycles. The van der Waals surface area contributed by atoms with E-state index >= 15 is 0 Å². The molecule has 2 aliphatic rings. The van der Waals surface area contributed by atoms with Crippen LogP contribution in [0.15, 0.2) is 228 Å². The standard InChI is InChI=1S/C63H49N3/c1-4-6-26-51(5-2)66-60-31-16-15-28-54(60)55-33-32-46(41-61(55)66)45-24-17-25-47(38-45)57-40-48-23-13-14-27-52(48)62-53(29-18-30-56(57)62)49-36-42(3)37-50(39-49)63-64-58(43-19-9-7-10-20-43)34-35-59(65-63)44-21-11-8-12-22-44/h4,6-34,36-39,41,57H,5,40H2,1-3H3/b6-4-,51-26+/t57-/m0/s1. The lowest BCUT2D eigenvalue weighted by molar-refractivity contribution is 0.794. The molecule has 9 aromatic rings. The number of aromatic nitrogens is 1. The number of aryl methyl sites for hydroxylation is 1. The summed E-state index contributed by atoms with van der Waals surface area (Å²) in [4.78, 5) is 10.5. The first-order chi connectivity index (χ1) is 32.5. The van der Waals surface area contributed by atoms with E-state index in [1.165, 1.54) is 72.0 Å². The molecule has 0 unspecified atom stereocenters. The lowest BCUT2D eigenvalue weighted by Crippen LogP contribution is -2.13. The highest BCUT2D eigenvalue weighted by molar-refractivity contribution is 6.19. The first kappa shape index (κ1) is 40.7. The summed E-state index contributed by atoms with van der Waals surface area (Å²) in [6.45, 7) is 6.49. The number of benzene rings is 8. The van der Waals surface area contributed by atoms with E-state index in [9.17, 15) is 0 Å². The Morgan fingerprint density at radius 3 is 2.14 bits per heavy atom. The third-order valence-corrected chi connectivity index (χ3v) is 13.2. The van der Waals surface area contributed by atoms with Gasteiger partial charge in [-0.1, -0.05) is 189 Å². The lowest BCUT2D eigenvalue weighted by atomic mass is 9.73. The maximum absolute atomic E-state index is 5.25. The van der Waals surface area contributed by atoms with E-state index in [-0.39, 0.29) is 5.92 Å². The van der Waals surface area contributed by atoms with Crippen LogP contribution in [0.5, 0.6) is 0 Å². The maximum Gasteiger partial charge on any atom is 0.161 e. The first-order valence-electron chi connectivity index (χ1n) is 23.1. The summed E-state index contributed by atoms with van der Waals surface area (Å²) in [6.07, 6.45) is 10.3. The van der Waals surface area contributed by atoms with E-state index in [0.717, 1.165) is 52.1 Å². The first-order valence-corrected chi connectivity index (χ1v) is 23.1. The molecule has 316 valence electrons. The Morgan fingerprint density at radius 1 is 0.606 bits per heavy atom. The highest BCUT2D eigenvalue weighted by atomic mass is 15.0. The van der Waals surface area contributed by atoms with E-state index in [4.69, 9.17) is 9.98 Å². The predicted molar refractivity (Wildman–Crippen MR) is 279 cm³/mol. The summed E-state index contributed by atoms with van der Waals surface area (Å²) in [5.74, 6) is 0.829. The summed E-state index contributed by atoms with van der Waals surface area (Å²) >= 11 is 0. The number of amidine groups is 1. The lowest BCUT2D eigenvalue weighted by Gasteiger charge is -2.30. The molecule has 66 heavy (non-hydrogen) atoms. The molecular formula is C63H49N3. The molecule has 0 saturated heterocycles. The Balaban J connectivity index is 1.03. The molecule has 1 atom stereocenters. The van der Waals surface area contributed by atoms with Crippen molar-refractivity contribution in [1.82, 2.24) is 4.57 Å². The number of para-hydroxylation sites is 1. The Morgan fingerprint density at radius 2 is 1.30 bits per heavy atom. The number of fused-ring (bicyclic) bond motifs is 6. The Hall–Kier alpha value is -8.10. The minimum absolute atomic E-state index is 0.165. The van der Waals surface area contributed by atoms with Crippen molar-refractivity contribution < 1.29 is 0 Å². The van der Waals surface area contributed by atoms with Gasteiger partial charge in [0.1, 0.15) is 5.70 Å². The summed E-state index contributed by atoms with van der Waals surface area (Å²) in [7, 11) is 0. The zero-order valence-electron chi connectivity index (χ0n) is 37.5. The fourth-order valence-electron chi connectivity index (χ4n) is 10.1. The van der Waals surface area contributed by atoms with Crippen LogP contribution in [0.2, 0.25) is 0 Å². The number of nitrogens with zero attached hydrogens (tertiary/aromatic N) is 3. The van der Waals surface area contributed by atoms with Crippen molar-refractivity contribution in [2.75, 3.05) is 0 Å². The molecule has 1 aromatic heterocycles. The van der Waals surface area contributed by atoms with Crippen LogP contribution in [-0.2, 0) is 6.42 Å². The van der Waals surface area contributed by atoms with Gasteiger partial charge in [-0.25, -0.2) is 9.98 Å². The summed E-state index contributed by atoms with van der Waals surface area (Å²) in [5, 5.41) is 2.55. The minimum atomic E-state index is 0.165. The van der Waals surface area contributed by atoms with Crippen LogP contribution >= 0.6 is 0 Å². The molecule has 0 bridgehead atoms. The van der Waals surface area contributed by atoms with E-state index in [2.05, 4.69) is 201 Å². The molecule has 0 radical (unpaired) electrons. The van der Waals surface area contributed by atoms with E-state index < -0.39 is 0 Å². The molecule has 8 aromatic carbocycles. The van der Waals surface area contributed by atoms with Gasteiger partial charge in [0.2, 0.25) is 0 Å². The zero-order valence-corrected chi connectivity index (χ0v) is 37.5. The minimum Gasteiger partial charge on any atom is -0.313 e. The second-order valence-electron chi connectivity index (χ2n) is 17.3. The zero-order chi connectivity index (χ0) is 44.6. The van der Waals surface area contributed by atoms with Gasteiger partial charge >= 0.3 is 0 Å². The highest BCUT2D eigenvalue weighted by Crippen LogP contribution is 2.48. The van der Waals surface area contributed by atoms with Crippen molar-refractivity contribution in [3.05, 3.63) is 257 Å². The van der Waals surface area contributed by atoms with E-state index in [0.29, 0.717) is 5.84 Å². The van der Waals surface area contributed by atoms with E-state index in [1.54, 1.807) is 0 Å². The normalized spacial score (nSPS) is 14.7. The summed E-state index contributed by atoms with van der Waals surface area (Å²) in [6, 6.07) is 68.3. The average molecular weight is 848 g/mol. The average Bonchev–Trinajstić information content (AvgIpc) is 3.52. The van der Waals surface area contributed by atoms with Crippen LogP contribution in [0, 0.1) is 6.92 Å². The van der Waals surface area contributed by atoms with Crippen molar-refractivity contribution in [3.8, 4) is 33.4 Å². The molecule has 2 heterocycles. The summed E-state index contributed by atoms with van der Waals surface area (Å²) < 4.78 is 2.46. The maximum atomic E-state index is 5.25. The van der Waals surface area contributed by atoms with Crippen molar-refractivity contribution in [2.24, 2.45) is 9.98 Å². The van der Waals surface area contributed by atoms with Crippen LogP contribution in [0.1, 0.15) is 65.1 Å². The quantitative estimate of drug-likeness (QED) is 0.102. The second-order valence-corrected chi connectivity index (χ2v) is 17.3. The smallest absolute Gasteiger partial charge is 0.161 e. The van der Waals surface area contributed by atoms with Gasteiger partial charge in [0.05, 0.1) is 16.7 Å². The Labute approximate surface area is 387 Å². The van der Waals surface area contributed by atoms with Crippen LogP contribution in [0.3, 0.4) is 0 Å². The van der Waals surface area contributed by atoms with E-state index in [1.807, 2.05) is 42.5 Å². The van der Waals surface area contributed by atoms with Gasteiger partial charge in [-0.15, -0.1) is 0 Å². The van der Waals surface area contributed by atoms with Gasteiger partial charge in [0.25, 0.3) is 0 Å².